The van der Waals surface area contributed by atoms with E-state index in [2.05, 4.69) is 15.3 Å². The Kier molecular flexibility index (Phi) is 7.02. The zero-order valence-electron chi connectivity index (χ0n) is 17.3. The van der Waals surface area contributed by atoms with E-state index in [-0.39, 0.29) is 17.6 Å². The molecule has 2 N–H and O–H groups in total. The van der Waals surface area contributed by atoms with Crippen LogP contribution in [0.2, 0.25) is 0 Å². The first-order valence-electron chi connectivity index (χ1n) is 9.91. The van der Waals surface area contributed by atoms with Gasteiger partial charge in [0.2, 0.25) is 5.95 Å². The number of piperidine rings is 1. The van der Waals surface area contributed by atoms with Crippen molar-refractivity contribution in [2.75, 3.05) is 25.0 Å². The van der Waals surface area contributed by atoms with Gasteiger partial charge in [-0.1, -0.05) is 0 Å². The summed E-state index contributed by atoms with van der Waals surface area (Å²) in [6, 6.07) is 3.69. The topological polar surface area (TPSA) is 118 Å². The molecule has 4 rings (SSSR count). The Morgan fingerprint density at radius 2 is 2.00 bits per heavy atom. The molecule has 1 amide bonds. The number of carboxylic acid groups (broad SMARTS) is 1. The number of carbonyl (C=O) groups is 2. The Bertz CT molecular complexity index is 937. The van der Waals surface area contributed by atoms with Crippen LogP contribution in [0.4, 0.5) is 19.1 Å². The van der Waals surface area contributed by atoms with Gasteiger partial charge >= 0.3 is 12.1 Å². The zero-order chi connectivity index (χ0) is 23.4. The number of hydrogen-bond donors (Lipinski definition) is 2. The zero-order valence-corrected chi connectivity index (χ0v) is 17.3. The van der Waals surface area contributed by atoms with Crippen molar-refractivity contribution in [1.29, 1.82) is 0 Å². The Balaban J connectivity index is 0.000000360. The second-order valence-corrected chi connectivity index (χ2v) is 7.64. The number of nitrogens with zero attached hydrogens (tertiary/aromatic N) is 3. The molecule has 2 aliphatic heterocycles. The number of aryl methyl sites for hydroxylation is 1. The maximum absolute atomic E-state index is 12.8. The first-order chi connectivity index (χ1) is 15.1. The van der Waals surface area contributed by atoms with Crippen molar-refractivity contribution in [1.82, 2.24) is 14.9 Å². The highest BCUT2D eigenvalue weighted by Gasteiger charge is 2.45. The van der Waals surface area contributed by atoms with Crippen LogP contribution >= 0.6 is 0 Å². The molecule has 2 unspecified atom stereocenters. The lowest BCUT2D eigenvalue weighted by atomic mass is 9.88. The van der Waals surface area contributed by atoms with Gasteiger partial charge in [0.15, 0.2) is 0 Å². The molecule has 0 radical (unpaired) electrons. The summed E-state index contributed by atoms with van der Waals surface area (Å²) in [5.74, 6) is -1.45. The normalized spacial score (nSPS) is 22.9. The van der Waals surface area contributed by atoms with Gasteiger partial charge in [0.05, 0.1) is 36.6 Å². The molecule has 0 aliphatic carbocycles. The van der Waals surface area contributed by atoms with Crippen LogP contribution in [0.3, 0.4) is 0 Å². The first-order valence-corrected chi connectivity index (χ1v) is 9.91. The SMILES string of the molecule is Cc1occc1C(=O)N1CCCC2(CC(Nc3ncccn3)CO2)C1.O=C(O)C(F)(F)F. The number of aromatic nitrogens is 2. The third kappa shape index (κ3) is 5.75. The summed E-state index contributed by atoms with van der Waals surface area (Å²) in [4.78, 5) is 32.0. The number of likely N-dealkylation sites (tertiary alicyclic amines) is 1. The number of nitrogens with one attached hydrogen (secondary N) is 1. The lowest BCUT2D eigenvalue weighted by Crippen LogP contribution is -2.50. The lowest BCUT2D eigenvalue weighted by Gasteiger charge is -2.39. The van der Waals surface area contributed by atoms with Crippen molar-refractivity contribution in [3.63, 3.8) is 0 Å². The number of rotatable bonds is 3. The van der Waals surface area contributed by atoms with Crippen LogP contribution in [0.15, 0.2) is 35.2 Å². The van der Waals surface area contributed by atoms with Crippen LogP contribution in [0, 0.1) is 6.92 Å². The third-order valence-corrected chi connectivity index (χ3v) is 5.27. The minimum atomic E-state index is -5.08. The Morgan fingerprint density at radius 3 is 2.59 bits per heavy atom. The van der Waals surface area contributed by atoms with Gasteiger partial charge in [-0.3, -0.25) is 4.79 Å². The maximum atomic E-state index is 12.8. The number of aliphatic carboxylic acids is 1. The molecule has 2 aliphatic rings. The number of alkyl halides is 3. The van der Waals surface area contributed by atoms with E-state index >= 15 is 0 Å². The Morgan fingerprint density at radius 1 is 1.31 bits per heavy atom. The van der Waals surface area contributed by atoms with Crippen LogP contribution in [-0.2, 0) is 9.53 Å². The number of ether oxygens (including phenoxy) is 1. The Labute approximate surface area is 181 Å². The number of carboxylic acids is 1. The molecule has 4 heterocycles. The van der Waals surface area contributed by atoms with E-state index in [4.69, 9.17) is 19.1 Å². The van der Waals surface area contributed by atoms with Crippen LogP contribution in [0.5, 0.6) is 0 Å². The summed E-state index contributed by atoms with van der Waals surface area (Å²) >= 11 is 0. The van der Waals surface area contributed by atoms with E-state index in [1.54, 1.807) is 30.8 Å². The largest absolute Gasteiger partial charge is 0.490 e. The second kappa shape index (κ2) is 9.55. The predicted octanol–water partition coefficient (Wildman–Crippen LogP) is 2.89. The summed E-state index contributed by atoms with van der Waals surface area (Å²) in [7, 11) is 0. The molecule has 0 aromatic carbocycles. The molecule has 12 heteroatoms. The molecule has 0 bridgehead atoms. The number of amides is 1. The summed E-state index contributed by atoms with van der Waals surface area (Å²) < 4.78 is 43.2. The van der Waals surface area contributed by atoms with E-state index < -0.39 is 12.1 Å². The lowest BCUT2D eigenvalue weighted by molar-refractivity contribution is -0.192. The molecule has 9 nitrogen and oxygen atoms in total. The van der Waals surface area contributed by atoms with Crippen molar-refractivity contribution >= 4 is 17.8 Å². The molecular weight excluding hydrogens is 433 g/mol. The average Bonchev–Trinajstić information content (AvgIpc) is 3.34. The molecule has 32 heavy (non-hydrogen) atoms. The molecular formula is C20H23F3N4O5. The smallest absolute Gasteiger partial charge is 0.475 e. The summed E-state index contributed by atoms with van der Waals surface area (Å²) in [5, 5.41) is 10.5. The summed E-state index contributed by atoms with van der Waals surface area (Å²) in [6.45, 7) is 3.79. The van der Waals surface area contributed by atoms with Gasteiger partial charge in [0.1, 0.15) is 5.76 Å². The van der Waals surface area contributed by atoms with Crippen molar-refractivity contribution in [3.8, 4) is 0 Å². The standard InChI is InChI=1S/C18H22N4O3.C2HF3O2/c1-13-15(4-9-24-13)16(23)22-8-2-5-18(12-22)10-14(11-25-18)21-17-19-6-3-7-20-17;3-2(4,5)1(6)7/h3-4,6-7,9,14H,2,5,8,10-12H2,1H3,(H,19,20,21);(H,6,7). The number of hydrogen-bond acceptors (Lipinski definition) is 7. The van der Waals surface area contributed by atoms with Crippen LogP contribution in [-0.4, -0.2) is 69.4 Å². The van der Waals surface area contributed by atoms with Crippen LogP contribution in [0.25, 0.3) is 0 Å². The minimum Gasteiger partial charge on any atom is -0.475 e. The molecule has 174 valence electrons. The van der Waals surface area contributed by atoms with Gasteiger partial charge in [-0.05, 0) is 31.9 Å². The van der Waals surface area contributed by atoms with E-state index in [9.17, 15) is 18.0 Å². The van der Waals surface area contributed by atoms with Gasteiger partial charge < -0.3 is 24.5 Å². The molecule has 2 aromatic heterocycles. The van der Waals surface area contributed by atoms with Gasteiger partial charge in [-0.2, -0.15) is 13.2 Å². The monoisotopic (exact) mass is 456 g/mol. The van der Waals surface area contributed by atoms with E-state index in [1.165, 1.54) is 0 Å². The number of halogens is 3. The molecule has 2 saturated heterocycles. The fourth-order valence-electron chi connectivity index (χ4n) is 3.83. The van der Waals surface area contributed by atoms with Crippen molar-refractivity contribution in [2.45, 2.75) is 44.0 Å². The van der Waals surface area contributed by atoms with Crippen molar-refractivity contribution in [2.24, 2.45) is 0 Å². The third-order valence-electron chi connectivity index (χ3n) is 5.27. The van der Waals surface area contributed by atoms with Crippen molar-refractivity contribution in [3.05, 3.63) is 42.1 Å². The fraction of sp³-hybridized carbons (Fsp3) is 0.500. The second-order valence-electron chi connectivity index (χ2n) is 7.64. The number of anilines is 1. The molecule has 2 atom stereocenters. The van der Waals surface area contributed by atoms with E-state index in [1.807, 2.05) is 11.8 Å². The van der Waals surface area contributed by atoms with Gasteiger partial charge in [-0.25, -0.2) is 14.8 Å². The summed E-state index contributed by atoms with van der Waals surface area (Å²) in [5.41, 5.74) is 0.361. The summed E-state index contributed by atoms with van der Waals surface area (Å²) in [6.07, 6.45) is 2.67. The highest BCUT2D eigenvalue weighted by molar-refractivity contribution is 5.95. The Hall–Kier alpha value is -3.15. The number of furan rings is 1. The quantitative estimate of drug-likeness (QED) is 0.724. The molecule has 0 saturated carbocycles. The minimum absolute atomic E-state index is 0.0247. The average molecular weight is 456 g/mol. The predicted molar refractivity (Wildman–Crippen MR) is 105 cm³/mol. The highest BCUT2D eigenvalue weighted by atomic mass is 19.4. The van der Waals surface area contributed by atoms with E-state index in [0.717, 1.165) is 25.8 Å². The highest BCUT2D eigenvalue weighted by Crippen LogP contribution is 2.36. The van der Waals surface area contributed by atoms with Gasteiger partial charge in [0.25, 0.3) is 5.91 Å². The molecule has 2 aromatic rings. The van der Waals surface area contributed by atoms with E-state index in [0.29, 0.717) is 30.4 Å². The first kappa shape index (κ1) is 23.5. The van der Waals surface area contributed by atoms with Gasteiger partial charge in [0, 0.05) is 25.4 Å². The maximum Gasteiger partial charge on any atom is 0.490 e. The number of carbonyl (C=O) groups excluding carboxylic acids is 1. The van der Waals surface area contributed by atoms with Crippen LogP contribution in [0.1, 0.15) is 35.4 Å². The molecule has 2 fully saturated rings. The fourth-order valence-corrected chi connectivity index (χ4v) is 3.83. The van der Waals surface area contributed by atoms with Gasteiger partial charge in [-0.15, -0.1) is 0 Å². The van der Waals surface area contributed by atoms with Crippen molar-refractivity contribution < 1.29 is 37.0 Å². The molecule has 1 spiro atoms. The van der Waals surface area contributed by atoms with Crippen LogP contribution < -0.4 is 5.32 Å².